The van der Waals surface area contributed by atoms with Gasteiger partial charge in [-0.15, -0.1) is 0 Å². The second-order valence-corrected chi connectivity index (χ2v) is 8.40. The lowest BCUT2D eigenvalue weighted by molar-refractivity contribution is -0.144. The lowest BCUT2D eigenvalue weighted by Gasteiger charge is -2.36. The fraction of sp³-hybridized carbons (Fsp3) is 0.292. The van der Waals surface area contributed by atoms with Gasteiger partial charge in [0.15, 0.2) is 5.78 Å². The fourth-order valence-corrected chi connectivity index (χ4v) is 4.62. The molecule has 7 nitrogen and oxygen atoms in total. The van der Waals surface area contributed by atoms with Gasteiger partial charge in [0, 0.05) is 36.1 Å². The maximum atomic E-state index is 14.6. The number of benzene rings is 2. The maximum absolute atomic E-state index is 14.6. The molecule has 0 unspecified atom stereocenters. The van der Waals surface area contributed by atoms with Gasteiger partial charge in [-0.1, -0.05) is 18.2 Å². The number of alkyl halides is 1. The number of hydrogen-bond acceptors (Lipinski definition) is 4. The molecule has 33 heavy (non-hydrogen) atoms. The number of likely N-dealkylation sites (tertiary alicyclic amines) is 1. The molecule has 4 rings (SSSR count). The van der Waals surface area contributed by atoms with Crippen LogP contribution in [0.1, 0.15) is 29.3 Å². The number of amides is 2. The van der Waals surface area contributed by atoms with Gasteiger partial charge in [0.25, 0.3) is 0 Å². The molecule has 0 radical (unpaired) electrons. The molecular formula is C24H23F2N3O4. The zero-order valence-corrected chi connectivity index (χ0v) is 17.9. The first-order valence-corrected chi connectivity index (χ1v) is 10.4. The van der Waals surface area contributed by atoms with Crippen molar-refractivity contribution in [2.24, 2.45) is 5.73 Å². The molecule has 3 N–H and O–H groups in total. The molecule has 9 heteroatoms. The van der Waals surface area contributed by atoms with Crippen LogP contribution >= 0.6 is 0 Å². The molecular weight excluding hydrogens is 432 g/mol. The molecule has 1 aliphatic rings. The van der Waals surface area contributed by atoms with E-state index in [2.05, 4.69) is 0 Å². The highest BCUT2D eigenvalue weighted by Crippen LogP contribution is 2.36. The van der Waals surface area contributed by atoms with Gasteiger partial charge in [-0.25, -0.2) is 8.78 Å². The van der Waals surface area contributed by atoms with Crippen molar-refractivity contribution in [3.05, 3.63) is 65.6 Å². The van der Waals surface area contributed by atoms with Crippen molar-refractivity contribution < 1.29 is 28.3 Å². The Morgan fingerprint density at radius 3 is 2.61 bits per heavy atom. The van der Waals surface area contributed by atoms with Crippen LogP contribution in [-0.4, -0.2) is 50.4 Å². The minimum absolute atomic E-state index is 0.0552. The van der Waals surface area contributed by atoms with E-state index in [1.807, 2.05) is 0 Å². The topological polar surface area (TPSA) is 106 Å². The van der Waals surface area contributed by atoms with Crippen LogP contribution in [0.15, 0.2) is 48.7 Å². The molecule has 2 atom stereocenters. The van der Waals surface area contributed by atoms with Gasteiger partial charge in [0.05, 0.1) is 12.1 Å². The van der Waals surface area contributed by atoms with E-state index in [1.54, 1.807) is 12.1 Å². The molecule has 0 aliphatic carbocycles. The second-order valence-electron chi connectivity index (χ2n) is 8.40. The molecule has 2 aromatic carbocycles. The summed E-state index contributed by atoms with van der Waals surface area (Å²) < 4.78 is 30.4. The van der Waals surface area contributed by atoms with Crippen LogP contribution in [0.25, 0.3) is 10.9 Å². The lowest BCUT2D eigenvalue weighted by atomic mass is 9.86. The molecule has 2 heterocycles. The number of rotatable bonds is 6. The van der Waals surface area contributed by atoms with Crippen LogP contribution in [0.4, 0.5) is 8.78 Å². The molecule has 0 saturated carbocycles. The van der Waals surface area contributed by atoms with Crippen molar-refractivity contribution in [1.82, 2.24) is 9.47 Å². The van der Waals surface area contributed by atoms with E-state index >= 15 is 0 Å². The summed E-state index contributed by atoms with van der Waals surface area (Å²) in [6.45, 7) is 0.695. The number of nitrogens with two attached hydrogens (primary N) is 1. The van der Waals surface area contributed by atoms with Gasteiger partial charge in [0.2, 0.25) is 11.8 Å². The van der Waals surface area contributed by atoms with E-state index < -0.39 is 29.3 Å². The SMILES string of the molecule is CC(=O)c1cn(CC(=O)N2C[C@H](F)C[C@@]2(Cc2ccccc2F)C(N)=O)c2cc(O)ccc12. The zero-order valence-electron chi connectivity index (χ0n) is 17.9. The summed E-state index contributed by atoms with van der Waals surface area (Å²) in [4.78, 5) is 39.0. The standard InChI is InChI=1S/C24H23F2N3O4/c1-14(30)19-12-28(21-8-17(31)6-7-18(19)21)13-22(32)29-11-16(25)10-24(29,23(27)33)9-15-4-2-3-5-20(15)26/h2-8,12,16,31H,9-11,13H2,1H3,(H2,27,33)/t16-,24+/m1/s1. The molecule has 0 bridgehead atoms. The van der Waals surface area contributed by atoms with Crippen molar-refractivity contribution in [3.8, 4) is 5.75 Å². The quantitative estimate of drug-likeness (QED) is 0.558. The Labute approximate surface area is 188 Å². The van der Waals surface area contributed by atoms with Gasteiger partial charge >= 0.3 is 0 Å². The highest BCUT2D eigenvalue weighted by Gasteiger charge is 2.52. The normalized spacial score (nSPS) is 20.3. The Bertz CT molecular complexity index is 1270. The first-order chi connectivity index (χ1) is 15.6. The molecule has 172 valence electrons. The van der Waals surface area contributed by atoms with E-state index in [4.69, 9.17) is 5.73 Å². The monoisotopic (exact) mass is 455 g/mol. The van der Waals surface area contributed by atoms with Crippen LogP contribution in [0.3, 0.4) is 0 Å². The van der Waals surface area contributed by atoms with Crippen molar-refractivity contribution in [2.75, 3.05) is 6.54 Å². The van der Waals surface area contributed by atoms with Crippen LogP contribution in [0.2, 0.25) is 0 Å². The number of nitrogens with zero attached hydrogens (tertiary/aromatic N) is 2. The average molecular weight is 455 g/mol. The number of fused-ring (bicyclic) bond motifs is 1. The first-order valence-electron chi connectivity index (χ1n) is 10.4. The second kappa shape index (κ2) is 8.31. The first kappa shape index (κ1) is 22.4. The van der Waals surface area contributed by atoms with Gasteiger partial charge in [-0.05, 0) is 30.7 Å². The Morgan fingerprint density at radius 1 is 1.21 bits per heavy atom. The van der Waals surface area contributed by atoms with Crippen LogP contribution in [0.5, 0.6) is 5.75 Å². The fourth-order valence-electron chi connectivity index (χ4n) is 4.62. The highest BCUT2D eigenvalue weighted by atomic mass is 19.1. The molecule has 1 saturated heterocycles. The molecule has 3 aromatic rings. The molecule has 0 spiro atoms. The smallest absolute Gasteiger partial charge is 0.243 e. The minimum atomic E-state index is -1.73. The van der Waals surface area contributed by atoms with Crippen molar-refractivity contribution in [3.63, 3.8) is 0 Å². The number of primary amides is 1. The summed E-state index contributed by atoms with van der Waals surface area (Å²) in [5.74, 6) is -2.39. The number of aromatic nitrogens is 1. The van der Waals surface area contributed by atoms with Crippen LogP contribution in [0, 0.1) is 5.82 Å². The lowest BCUT2D eigenvalue weighted by Crippen LogP contribution is -2.58. The summed E-state index contributed by atoms with van der Waals surface area (Å²) in [5, 5.41) is 10.4. The number of aromatic hydroxyl groups is 1. The number of Topliss-reactive ketones (excluding diaryl/α,β-unsaturated/α-hetero) is 1. The Hall–Kier alpha value is -3.75. The van der Waals surface area contributed by atoms with Crippen molar-refractivity contribution in [1.29, 1.82) is 0 Å². The van der Waals surface area contributed by atoms with Crippen LogP contribution in [-0.2, 0) is 22.6 Å². The van der Waals surface area contributed by atoms with Gasteiger partial charge in [0.1, 0.15) is 29.8 Å². The van der Waals surface area contributed by atoms with Crippen LogP contribution < -0.4 is 5.73 Å². The third-order valence-electron chi connectivity index (χ3n) is 6.21. The van der Waals surface area contributed by atoms with Gasteiger partial charge in [-0.3, -0.25) is 14.4 Å². The molecule has 1 aromatic heterocycles. The Balaban J connectivity index is 1.72. The van der Waals surface area contributed by atoms with Crippen molar-refractivity contribution >= 4 is 28.5 Å². The highest BCUT2D eigenvalue weighted by molar-refractivity contribution is 6.07. The summed E-state index contributed by atoms with van der Waals surface area (Å²) >= 11 is 0. The zero-order chi connectivity index (χ0) is 23.9. The van der Waals surface area contributed by atoms with Gasteiger partial charge < -0.3 is 20.3 Å². The predicted octanol–water partition coefficient (Wildman–Crippen LogP) is 2.73. The van der Waals surface area contributed by atoms with Gasteiger partial charge in [-0.2, -0.15) is 0 Å². The number of halogens is 2. The van der Waals surface area contributed by atoms with E-state index in [1.165, 1.54) is 48.0 Å². The number of carbonyl (C=O) groups is 3. The largest absolute Gasteiger partial charge is 0.508 e. The number of ketones is 1. The Morgan fingerprint density at radius 2 is 1.94 bits per heavy atom. The third-order valence-corrected chi connectivity index (χ3v) is 6.21. The van der Waals surface area contributed by atoms with E-state index in [0.29, 0.717) is 16.5 Å². The number of hydrogen-bond donors (Lipinski definition) is 2. The van der Waals surface area contributed by atoms with E-state index in [0.717, 1.165) is 4.90 Å². The summed E-state index contributed by atoms with van der Waals surface area (Å²) in [5.41, 5.74) is 4.87. The molecule has 2 amide bonds. The summed E-state index contributed by atoms with van der Waals surface area (Å²) in [6, 6.07) is 10.2. The number of carbonyl (C=O) groups excluding carboxylic acids is 3. The summed E-state index contributed by atoms with van der Waals surface area (Å²) in [6.07, 6.45) is -0.621. The predicted molar refractivity (Wildman–Crippen MR) is 117 cm³/mol. The third kappa shape index (κ3) is 3.94. The molecule has 1 aliphatic heterocycles. The molecule has 1 fully saturated rings. The van der Waals surface area contributed by atoms with E-state index in [-0.39, 0.29) is 43.0 Å². The number of phenols is 1. The maximum Gasteiger partial charge on any atom is 0.243 e. The average Bonchev–Trinajstić information content (AvgIpc) is 3.28. The van der Waals surface area contributed by atoms with E-state index in [9.17, 15) is 28.3 Å². The summed E-state index contributed by atoms with van der Waals surface area (Å²) in [7, 11) is 0. The Kier molecular flexibility index (Phi) is 5.65. The number of phenolic OH excluding ortho intramolecular Hbond substituents is 1. The van der Waals surface area contributed by atoms with Crippen molar-refractivity contribution in [2.45, 2.75) is 38.0 Å². The minimum Gasteiger partial charge on any atom is -0.508 e.